The van der Waals surface area contributed by atoms with Crippen LogP contribution < -0.4 is 0 Å². The quantitative estimate of drug-likeness (QED) is 0.822. The maximum atomic E-state index is 12.6. The Bertz CT molecular complexity index is 767. The number of halogens is 1. The summed E-state index contributed by atoms with van der Waals surface area (Å²) in [6.07, 6.45) is 0.373. The van der Waals surface area contributed by atoms with Gasteiger partial charge < -0.3 is 14.5 Å². The molecule has 0 N–H and O–H groups in total. The predicted octanol–water partition coefficient (Wildman–Crippen LogP) is 3.82. The minimum Gasteiger partial charge on any atom is -0.445 e. The smallest absolute Gasteiger partial charge is 0.410 e. The Labute approximate surface area is 158 Å². The molecule has 0 aromatic heterocycles. The fourth-order valence-electron chi connectivity index (χ4n) is 2.92. The molecule has 0 unspecified atom stereocenters. The molecule has 136 valence electrons. The van der Waals surface area contributed by atoms with Gasteiger partial charge in [-0.3, -0.25) is 4.79 Å². The van der Waals surface area contributed by atoms with E-state index in [-0.39, 0.29) is 18.6 Å². The lowest BCUT2D eigenvalue weighted by molar-refractivity contribution is 0.0749. The van der Waals surface area contributed by atoms with Gasteiger partial charge in [0, 0.05) is 36.8 Å². The second kappa shape index (κ2) is 8.72. The number of carbonyl (C=O) groups is 2. The molecule has 5 nitrogen and oxygen atoms in total. The van der Waals surface area contributed by atoms with Crippen molar-refractivity contribution in [2.45, 2.75) is 13.0 Å². The zero-order valence-electron chi connectivity index (χ0n) is 14.4. The molecule has 1 aliphatic rings. The molecule has 26 heavy (non-hydrogen) atoms. The van der Waals surface area contributed by atoms with E-state index in [1.807, 2.05) is 30.3 Å². The van der Waals surface area contributed by atoms with Gasteiger partial charge in [-0.1, -0.05) is 48.0 Å². The average molecular weight is 373 g/mol. The first kappa shape index (κ1) is 18.3. The molecule has 0 atom stereocenters. The fraction of sp³-hybridized carbons (Fsp3) is 0.300. The molecule has 1 heterocycles. The summed E-state index contributed by atoms with van der Waals surface area (Å²) >= 11 is 5.97. The Balaban J connectivity index is 1.54. The monoisotopic (exact) mass is 372 g/mol. The highest BCUT2D eigenvalue weighted by atomic mass is 35.5. The number of benzene rings is 2. The lowest BCUT2D eigenvalue weighted by Gasteiger charge is -2.22. The number of ether oxygens (including phenoxy) is 1. The van der Waals surface area contributed by atoms with Gasteiger partial charge in [-0.15, -0.1) is 0 Å². The minimum atomic E-state index is -0.342. The predicted molar refractivity (Wildman–Crippen MR) is 100 cm³/mol. The highest BCUT2D eigenvalue weighted by Crippen LogP contribution is 2.15. The SMILES string of the molecule is O=C(OCc1ccccc1)N1CCCN(C(=O)c2cccc(Cl)c2)CC1. The molecule has 1 fully saturated rings. The van der Waals surface area contributed by atoms with Crippen LogP contribution in [0.4, 0.5) is 4.79 Å². The van der Waals surface area contributed by atoms with Crippen LogP contribution in [0, 0.1) is 0 Å². The molecule has 0 radical (unpaired) electrons. The second-order valence-corrected chi connectivity index (χ2v) is 6.62. The van der Waals surface area contributed by atoms with Crippen LogP contribution >= 0.6 is 11.6 Å². The first-order valence-electron chi connectivity index (χ1n) is 8.64. The molecule has 2 aromatic carbocycles. The summed E-state index contributed by atoms with van der Waals surface area (Å²) in [6, 6.07) is 16.5. The number of hydrogen-bond donors (Lipinski definition) is 0. The third-order valence-electron chi connectivity index (χ3n) is 4.32. The molecule has 0 saturated carbocycles. The van der Waals surface area contributed by atoms with E-state index in [4.69, 9.17) is 16.3 Å². The van der Waals surface area contributed by atoms with Crippen molar-refractivity contribution in [3.05, 3.63) is 70.7 Å². The summed E-state index contributed by atoms with van der Waals surface area (Å²) in [5, 5.41) is 0.539. The van der Waals surface area contributed by atoms with Crippen molar-refractivity contribution in [2.24, 2.45) is 0 Å². The van der Waals surface area contributed by atoms with Crippen LogP contribution in [-0.4, -0.2) is 48.0 Å². The summed E-state index contributed by atoms with van der Waals surface area (Å²) < 4.78 is 5.39. The third kappa shape index (κ3) is 4.76. The van der Waals surface area contributed by atoms with Crippen LogP contribution in [0.2, 0.25) is 5.02 Å². The molecule has 0 spiro atoms. The molecular formula is C20H21ClN2O3. The minimum absolute atomic E-state index is 0.0630. The standard InChI is InChI=1S/C20H21ClN2O3/c21-18-9-4-8-17(14-18)19(24)22-10-5-11-23(13-12-22)20(25)26-15-16-6-2-1-3-7-16/h1-4,6-9,14H,5,10-13,15H2. The van der Waals surface area contributed by atoms with Crippen LogP contribution in [-0.2, 0) is 11.3 Å². The van der Waals surface area contributed by atoms with Crippen LogP contribution in [0.5, 0.6) is 0 Å². The van der Waals surface area contributed by atoms with Crippen LogP contribution in [0.3, 0.4) is 0 Å². The normalized spacial score (nSPS) is 14.7. The maximum Gasteiger partial charge on any atom is 0.410 e. The van der Waals surface area contributed by atoms with Crippen molar-refractivity contribution in [1.82, 2.24) is 9.80 Å². The molecule has 0 bridgehead atoms. The zero-order chi connectivity index (χ0) is 18.4. The lowest BCUT2D eigenvalue weighted by Crippen LogP contribution is -2.37. The number of rotatable bonds is 3. The largest absolute Gasteiger partial charge is 0.445 e. The van der Waals surface area contributed by atoms with E-state index >= 15 is 0 Å². The highest BCUT2D eigenvalue weighted by Gasteiger charge is 2.23. The van der Waals surface area contributed by atoms with E-state index in [2.05, 4.69) is 0 Å². The summed E-state index contributed by atoms with van der Waals surface area (Å²) in [4.78, 5) is 28.3. The van der Waals surface area contributed by atoms with Crippen molar-refractivity contribution in [2.75, 3.05) is 26.2 Å². The summed E-state index contributed by atoms with van der Waals surface area (Å²) in [7, 11) is 0. The van der Waals surface area contributed by atoms with Crippen molar-refractivity contribution in [3.8, 4) is 0 Å². The van der Waals surface area contributed by atoms with E-state index in [1.165, 1.54) is 0 Å². The number of amides is 2. The Kier molecular flexibility index (Phi) is 6.12. The van der Waals surface area contributed by atoms with E-state index in [0.29, 0.717) is 43.2 Å². The first-order valence-corrected chi connectivity index (χ1v) is 9.02. The molecule has 2 amide bonds. The van der Waals surface area contributed by atoms with Gasteiger partial charge in [-0.2, -0.15) is 0 Å². The zero-order valence-corrected chi connectivity index (χ0v) is 15.2. The van der Waals surface area contributed by atoms with Crippen molar-refractivity contribution >= 4 is 23.6 Å². The van der Waals surface area contributed by atoms with E-state index in [9.17, 15) is 9.59 Å². The Morgan fingerprint density at radius 3 is 2.42 bits per heavy atom. The van der Waals surface area contributed by atoms with Crippen molar-refractivity contribution in [3.63, 3.8) is 0 Å². The third-order valence-corrected chi connectivity index (χ3v) is 4.55. The molecule has 1 saturated heterocycles. The number of hydrogen-bond acceptors (Lipinski definition) is 3. The van der Waals surface area contributed by atoms with Gasteiger partial charge in [0.1, 0.15) is 6.61 Å². The van der Waals surface area contributed by atoms with Gasteiger partial charge in [-0.25, -0.2) is 4.79 Å². The van der Waals surface area contributed by atoms with Gasteiger partial charge in [0.15, 0.2) is 0 Å². The van der Waals surface area contributed by atoms with Crippen molar-refractivity contribution in [1.29, 1.82) is 0 Å². The van der Waals surface area contributed by atoms with Gasteiger partial charge in [0.25, 0.3) is 5.91 Å². The second-order valence-electron chi connectivity index (χ2n) is 6.18. The number of carbonyl (C=O) groups excluding carboxylic acids is 2. The topological polar surface area (TPSA) is 49.9 Å². The Morgan fingerprint density at radius 2 is 1.65 bits per heavy atom. The maximum absolute atomic E-state index is 12.6. The van der Waals surface area contributed by atoms with Crippen LogP contribution in [0.1, 0.15) is 22.3 Å². The van der Waals surface area contributed by atoms with E-state index in [1.54, 1.807) is 34.1 Å². The Hall–Kier alpha value is -2.53. The fourth-order valence-corrected chi connectivity index (χ4v) is 3.11. The number of nitrogens with zero attached hydrogens (tertiary/aromatic N) is 2. The lowest BCUT2D eigenvalue weighted by atomic mass is 10.2. The van der Waals surface area contributed by atoms with Crippen LogP contribution in [0.15, 0.2) is 54.6 Å². The van der Waals surface area contributed by atoms with Gasteiger partial charge in [0.05, 0.1) is 0 Å². The van der Waals surface area contributed by atoms with Crippen molar-refractivity contribution < 1.29 is 14.3 Å². The van der Waals surface area contributed by atoms with Crippen LogP contribution in [0.25, 0.3) is 0 Å². The van der Waals surface area contributed by atoms with Gasteiger partial charge >= 0.3 is 6.09 Å². The first-order chi connectivity index (χ1) is 12.6. The van der Waals surface area contributed by atoms with Gasteiger partial charge in [-0.05, 0) is 30.2 Å². The molecular weight excluding hydrogens is 352 g/mol. The average Bonchev–Trinajstić information content (AvgIpc) is 2.92. The molecule has 1 aliphatic heterocycles. The van der Waals surface area contributed by atoms with E-state index in [0.717, 1.165) is 5.56 Å². The molecule has 3 rings (SSSR count). The molecule has 2 aromatic rings. The highest BCUT2D eigenvalue weighted by molar-refractivity contribution is 6.30. The summed E-state index contributed by atoms with van der Waals surface area (Å²) in [6.45, 7) is 2.37. The molecule has 6 heteroatoms. The Morgan fingerprint density at radius 1 is 0.923 bits per heavy atom. The van der Waals surface area contributed by atoms with Gasteiger partial charge in [0.2, 0.25) is 0 Å². The summed E-state index contributed by atoms with van der Waals surface area (Å²) in [5.74, 6) is -0.0630. The molecule has 0 aliphatic carbocycles. The van der Waals surface area contributed by atoms with E-state index < -0.39 is 0 Å². The summed E-state index contributed by atoms with van der Waals surface area (Å²) in [5.41, 5.74) is 1.52.